The summed E-state index contributed by atoms with van der Waals surface area (Å²) in [6.07, 6.45) is 14.0. The van der Waals surface area contributed by atoms with Gasteiger partial charge >= 0.3 is 0 Å². The second-order valence-electron chi connectivity index (χ2n) is 12.8. The Labute approximate surface area is 342 Å². The molecule has 0 unspecified atom stereocenters. The predicted octanol–water partition coefficient (Wildman–Crippen LogP) is 16.9. The number of hydrogen-bond donors (Lipinski definition) is 0. The minimum absolute atomic E-state index is 1.07. The van der Waals surface area contributed by atoms with Gasteiger partial charge in [0.05, 0.1) is 8.42 Å². The van der Waals surface area contributed by atoms with E-state index in [2.05, 4.69) is 87.0 Å². The minimum atomic E-state index is 1.07. The molecule has 0 aromatic carbocycles. The summed E-state index contributed by atoms with van der Waals surface area (Å²) in [7, 11) is 0. The van der Waals surface area contributed by atoms with E-state index in [9.17, 15) is 10.5 Å². The normalized spacial score (nSPS) is 11.3. The lowest BCUT2D eigenvalue weighted by Crippen LogP contribution is -1.94. The molecule has 52 heavy (non-hydrogen) atoms. The summed E-state index contributed by atoms with van der Waals surface area (Å²) in [5.41, 5.74) is 6.18. The van der Waals surface area contributed by atoms with Crippen LogP contribution in [0, 0.1) is 21.3 Å². The first-order valence-electron chi connectivity index (χ1n) is 18.3. The molecule has 0 radical (unpaired) electrons. The number of thiophene rings is 6. The summed E-state index contributed by atoms with van der Waals surface area (Å²) in [5, 5.41) is 23.1. The molecule has 0 N–H and O–H groups in total. The van der Waals surface area contributed by atoms with Crippen molar-refractivity contribution in [3.63, 3.8) is 0 Å². The Morgan fingerprint density at radius 3 is 1.00 bits per heavy atom. The van der Waals surface area contributed by atoms with E-state index in [0.29, 0.717) is 0 Å². The van der Waals surface area contributed by atoms with Crippen LogP contribution in [0.2, 0.25) is 0 Å². The van der Waals surface area contributed by atoms with Gasteiger partial charge in [0, 0.05) is 72.3 Å². The van der Waals surface area contributed by atoms with Crippen LogP contribution < -0.4 is 0 Å². The summed E-state index contributed by atoms with van der Waals surface area (Å²) < 4.78 is 2.14. The zero-order valence-electron chi connectivity index (χ0n) is 30.3. The van der Waals surface area contributed by atoms with E-state index in [-0.39, 0.29) is 0 Å². The van der Waals surface area contributed by atoms with Crippen molar-refractivity contribution in [2.45, 2.75) is 113 Å². The largest absolute Gasteiger partial charge is 0.185 e. The lowest BCUT2D eigenvalue weighted by molar-refractivity contribution is 0.764. The van der Waals surface area contributed by atoms with Gasteiger partial charge in [0.25, 0.3) is 0 Å². The van der Waals surface area contributed by atoms with Gasteiger partial charge in [-0.1, -0.05) is 53.4 Å². The smallest absolute Gasteiger partial charge is 0.139 e. The number of hydrogen-bond acceptors (Lipinski definition) is 10. The van der Waals surface area contributed by atoms with E-state index in [0.717, 1.165) is 34.1 Å². The topological polar surface area (TPSA) is 47.6 Å². The molecule has 0 spiro atoms. The van der Waals surface area contributed by atoms with Gasteiger partial charge in [-0.2, -0.15) is 10.5 Å². The van der Waals surface area contributed by atoms with Gasteiger partial charge in [-0.05, 0) is 122 Å². The molecule has 6 aromatic rings. The van der Waals surface area contributed by atoms with E-state index in [1.165, 1.54) is 135 Å². The molecule has 6 aromatic heterocycles. The highest BCUT2D eigenvalue weighted by molar-refractivity contribution is 8.05. The van der Waals surface area contributed by atoms with E-state index >= 15 is 0 Å². The molecule has 6 rings (SSSR count). The number of thiocyanates is 2. The Kier molecular flexibility index (Phi) is 14.8. The van der Waals surface area contributed by atoms with Crippen LogP contribution >= 0.6 is 91.5 Å². The Hall–Kier alpha value is -2.12. The fourth-order valence-corrected chi connectivity index (χ4v) is 15.0. The molecule has 0 aliphatic carbocycles. The number of unbranched alkanes of at least 4 members (excludes halogenated alkanes) is 4. The molecule has 0 aliphatic rings. The number of thioether (sulfide) groups is 2. The maximum atomic E-state index is 9.30. The van der Waals surface area contributed by atoms with Crippen LogP contribution in [0.5, 0.6) is 0 Å². The SMILES string of the molecule is CCCCc1c(-c2ccc(SC#N)s2)sc(-c2ccc(-c3ccc(-c4sc(-c5ccc(SC#N)s5)c(CCCC)c4CCCC)s3)s2)c1CCCC. The van der Waals surface area contributed by atoms with Crippen LogP contribution in [0.1, 0.15) is 101 Å². The number of nitriles is 2. The average Bonchev–Trinajstić information content (AvgIpc) is 4.00. The van der Waals surface area contributed by atoms with Crippen LogP contribution in [0.3, 0.4) is 0 Å². The third-order valence-electron chi connectivity index (χ3n) is 9.16. The second kappa shape index (κ2) is 19.5. The van der Waals surface area contributed by atoms with Crippen LogP contribution in [-0.4, -0.2) is 0 Å². The van der Waals surface area contributed by atoms with Crippen LogP contribution in [0.25, 0.3) is 48.8 Å². The fraction of sp³-hybridized carbons (Fsp3) is 0.381. The maximum Gasteiger partial charge on any atom is 0.139 e. The fourth-order valence-electron chi connectivity index (χ4n) is 6.54. The number of rotatable bonds is 19. The first-order valence-corrected chi connectivity index (χ1v) is 24.9. The van der Waals surface area contributed by atoms with Gasteiger partial charge in [-0.15, -0.1) is 68.0 Å². The molecular weight excluding hydrogens is 789 g/mol. The summed E-state index contributed by atoms with van der Waals surface area (Å²) >= 11 is 13.9. The van der Waals surface area contributed by atoms with E-state index in [1.54, 1.807) is 33.8 Å². The van der Waals surface area contributed by atoms with Crippen molar-refractivity contribution in [3.05, 3.63) is 70.8 Å². The summed E-state index contributed by atoms with van der Waals surface area (Å²) in [4.78, 5) is 13.7. The molecule has 2 nitrogen and oxygen atoms in total. The highest BCUT2D eigenvalue weighted by Crippen LogP contribution is 2.52. The van der Waals surface area contributed by atoms with Gasteiger partial charge in [0.1, 0.15) is 10.8 Å². The summed E-state index contributed by atoms with van der Waals surface area (Å²) in [6.45, 7) is 9.17. The van der Waals surface area contributed by atoms with E-state index < -0.39 is 0 Å². The van der Waals surface area contributed by atoms with Crippen molar-refractivity contribution in [1.82, 2.24) is 0 Å². The average molecular weight is 833 g/mol. The molecule has 0 saturated heterocycles. The minimum Gasteiger partial charge on any atom is -0.185 e. The molecule has 0 aliphatic heterocycles. The molecule has 10 heteroatoms. The van der Waals surface area contributed by atoms with Crippen molar-refractivity contribution >= 4 is 91.5 Å². The molecule has 0 fully saturated rings. The summed E-state index contributed by atoms with van der Waals surface area (Å²) in [6, 6.07) is 18.1. The van der Waals surface area contributed by atoms with Gasteiger partial charge in [-0.25, -0.2) is 0 Å². The molecule has 0 bridgehead atoms. The standard InChI is InChI=1S/C42H44N2S8/c1-5-9-13-27-29(15-11-7-3)41(35-21-23-37(49-35)45-25-43)51-39(27)33-19-17-31(47-33)32-18-20-34(48-32)40-28(14-10-6-2)30(16-12-8-4)42(52-40)36-22-24-38(50-36)46-26-44/h17-24H,5-16H2,1-4H3. The Morgan fingerprint density at radius 1 is 0.404 bits per heavy atom. The third kappa shape index (κ3) is 9.04. The Bertz CT molecular complexity index is 2000. The molecular formula is C42H44N2S8. The van der Waals surface area contributed by atoms with Crippen LogP contribution in [0.15, 0.2) is 56.9 Å². The van der Waals surface area contributed by atoms with Gasteiger partial charge in [-0.3, -0.25) is 0 Å². The Balaban J connectivity index is 1.38. The second-order valence-corrected chi connectivity index (χ2v) is 21.3. The zero-order valence-corrected chi connectivity index (χ0v) is 36.8. The van der Waals surface area contributed by atoms with Crippen molar-refractivity contribution in [2.75, 3.05) is 0 Å². The Morgan fingerprint density at radius 2 is 0.692 bits per heavy atom. The lowest BCUT2D eigenvalue weighted by Gasteiger charge is -2.08. The quantitative estimate of drug-likeness (QED) is 0.0602. The van der Waals surface area contributed by atoms with Crippen molar-refractivity contribution in [1.29, 1.82) is 10.5 Å². The zero-order chi connectivity index (χ0) is 36.5. The maximum absolute atomic E-state index is 9.30. The first kappa shape index (κ1) is 39.6. The van der Waals surface area contributed by atoms with Crippen molar-refractivity contribution in [2.24, 2.45) is 0 Å². The lowest BCUT2D eigenvalue weighted by atomic mass is 9.97. The van der Waals surface area contributed by atoms with Crippen LogP contribution in [-0.2, 0) is 25.7 Å². The molecule has 6 heterocycles. The van der Waals surface area contributed by atoms with Crippen molar-refractivity contribution in [3.8, 4) is 59.6 Å². The van der Waals surface area contributed by atoms with Crippen LogP contribution in [0.4, 0.5) is 0 Å². The predicted molar refractivity (Wildman–Crippen MR) is 238 cm³/mol. The monoisotopic (exact) mass is 832 g/mol. The highest BCUT2D eigenvalue weighted by atomic mass is 32.2. The van der Waals surface area contributed by atoms with Gasteiger partial charge < -0.3 is 0 Å². The van der Waals surface area contributed by atoms with E-state index in [4.69, 9.17) is 0 Å². The van der Waals surface area contributed by atoms with Gasteiger partial charge in [0.15, 0.2) is 0 Å². The van der Waals surface area contributed by atoms with Gasteiger partial charge in [0.2, 0.25) is 0 Å². The molecule has 0 atom stereocenters. The van der Waals surface area contributed by atoms with E-state index in [1.807, 2.05) is 45.3 Å². The summed E-state index contributed by atoms with van der Waals surface area (Å²) in [5.74, 6) is 0. The van der Waals surface area contributed by atoms with Crippen molar-refractivity contribution < 1.29 is 0 Å². The first-order chi connectivity index (χ1) is 25.5. The molecule has 270 valence electrons. The third-order valence-corrected chi connectivity index (χ3v) is 18.4. The highest BCUT2D eigenvalue weighted by Gasteiger charge is 2.24. The number of nitrogens with zero attached hydrogens (tertiary/aromatic N) is 2. The molecule has 0 amide bonds. The molecule has 0 saturated carbocycles.